The van der Waals surface area contributed by atoms with Crippen LogP contribution in [-0.4, -0.2) is 11.1 Å². The average Bonchev–Trinajstić information content (AvgIpc) is 2.21. The van der Waals surface area contributed by atoms with Crippen molar-refractivity contribution in [2.75, 3.05) is 0 Å². The summed E-state index contributed by atoms with van der Waals surface area (Å²) in [5, 5.41) is 9.40. The molecule has 0 bridgehead atoms. The number of benzene rings is 1. The molecule has 84 valence electrons. The van der Waals surface area contributed by atoms with Gasteiger partial charge in [0.1, 0.15) is 0 Å². The Kier molecular flexibility index (Phi) is 4.59. The molecule has 0 radical (unpaired) electrons. The molecule has 0 aliphatic rings. The van der Waals surface area contributed by atoms with E-state index in [2.05, 4.69) is 0 Å². The second-order valence-corrected chi connectivity index (χ2v) is 3.99. The lowest BCUT2D eigenvalue weighted by Gasteiger charge is -2.02. The first-order chi connectivity index (χ1) is 7.50. The molecule has 1 aromatic rings. The van der Waals surface area contributed by atoms with Gasteiger partial charge < -0.3 is 5.11 Å². The maximum atomic E-state index is 10.3. The molecular formula is C12H10Cl2O2. The summed E-state index contributed by atoms with van der Waals surface area (Å²) in [7, 11) is 0. The fourth-order valence-electron chi connectivity index (χ4n) is 1.11. The van der Waals surface area contributed by atoms with Gasteiger partial charge in [-0.2, -0.15) is 0 Å². The van der Waals surface area contributed by atoms with Crippen LogP contribution in [-0.2, 0) is 4.79 Å². The highest BCUT2D eigenvalue weighted by atomic mass is 35.5. The van der Waals surface area contributed by atoms with Crippen LogP contribution in [0.25, 0.3) is 5.57 Å². The first-order valence-electron chi connectivity index (χ1n) is 4.54. The van der Waals surface area contributed by atoms with Crippen molar-refractivity contribution in [3.8, 4) is 0 Å². The van der Waals surface area contributed by atoms with Crippen molar-refractivity contribution in [3.05, 3.63) is 52.0 Å². The van der Waals surface area contributed by atoms with Gasteiger partial charge in [-0.25, -0.2) is 4.79 Å². The molecule has 0 heterocycles. The van der Waals surface area contributed by atoms with Gasteiger partial charge in [0, 0.05) is 6.08 Å². The Morgan fingerprint density at radius 1 is 1.31 bits per heavy atom. The molecule has 0 saturated carbocycles. The number of carbonyl (C=O) groups is 1. The summed E-state index contributed by atoms with van der Waals surface area (Å²) >= 11 is 11.7. The summed E-state index contributed by atoms with van der Waals surface area (Å²) in [4.78, 5) is 10.3. The molecule has 1 aromatic carbocycles. The zero-order chi connectivity index (χ0) is 12.1. The van der Waals surface area contributed by atoms with E-state index in [1.54, 1.807) is 18.2 Å². The van der Waals surface area contributed by atoms with Gasteiger partial charge in [-0.3, -0.25) is 0 Å². The maximum Gasteiger partial charge on any atom is 0.328 e. The lowest BCUT2D eigenvalue weighted by Crippen LogP contribution is -1.85. The molecule has 0 amide bonds. The third kappa shape index (κ3) is 3.72. The van der Waals surface area contributed by atoms with E-state index < -0.39 is 5.97 Å². The predicted octanol–water partition coefficient (Wildman–Crippen LogP) is 4.04. The minimum Gasteiger partial charge on any atom is -0.478 e. The van der Waals surface area contributed by atoms with Crippen molar-refractivity contribution >= 4 is 34.7 Å². The lowest BCUT2D eigenvalue weighted by molar-refractivity contribution is -0.131. The van der Waals surface area contributed by atoms with E-state index in [0.717, 1.165) is 17.2 Å². The Bertz CT molecular complexity index is 462. The number of hydrogen-bond acceptors (Lipinski definition) is 1. The number of hydrogen-bond donors (Lipinski definition) is 1. The summed E-state index contributed by atoms with van der Waals surface area (Å²) in [5.41, 5.74) is 1.82. The van der Waals surface area contributed by atoms with Crippen molar-refractivity contribution in [2.24, 2.45) is 0 Å². The largest absolute Gasteiger partial charge is 0.478 e. The van der Waals surface area contributed by atoms with E-state index in [1.807, 2.05) is 13.0 Å². The van der Waals surface area contributed by atoms with E-state index in [-0.39, 0.29) is 0 Å². The number of allylic oxidation sites excluding steroid dienone is 3. The Balaban J connectivity index is 2.92. The molecule has 0 aliphatic carbocycles. The fourth-order valence-corrected chi connectivity index (χ4v) is 1.41. The van der Waals surface area contributed by atoms with E-state index in [1.165, 1.54) is 6.08 Å². The molecule has 0 fully saturated rings. The van der Waals surface area contributed by atoms with Crippen LogP contribution in [0.4, 0.5) is 0 Å². The van der Waals surface area contributed by atoms with E-state index >= 15 is 0 Å². The van der Waals surface area contributed by atoms with Crippen LogP contribution in [0.2, 0.25) is 10.0 Å². The summed E-state index contributed by atoms with van der Waals surface area (Å²) in [6.45, 7) is 1.87. The first kappa shape index (κ1) is 12.8. The van der Waals surface area contributed by atoms with Crippen LogP contribution in [0.1, 0.15) is 12.5 Å². The second-order valence-electron chi connectivity index (χ2n) is 3.18. The van der Waals surface area contributed by atoms with Crippen LogP contribution >= 0.6 is 23.2 Å². The van der Waals surface area contributed by atoms with Gasteiger partial charge in [0.25, 0.3) is 0 Å². The van der Waals surface area contributed by atoms with Gasteiger partial charge in [0.05, 0.1) is 10.0 Å². The molecule has 0 saturated heterocycles. The van der Waals surface area contributed by atoms with Crippen LogP contribution < -0.4 is 0 Å². The molecule has 0 aliphatic heterocycles. The standard InChI is InChI=1S/C12H10Cl2O2/c1-8(3-2-4-12(15)16)9-5-6-10(13)11(14)7-9/h2-7H,1H3,(H,15,16). The van der Waals surface area contributed by atoms with Crippen LogP contribution in [0.15, 0.2) is 36.4 Å². The van der Waals surface area contributed by atoms with Crippen molar-refractivity contribution < 1.29 is 9.90 Å². The minimum atomic E-state index is -0.974. The van der Waals surface area contributed by atoms with Crippen molar-refractivity contribution in [1.82, 2.24) is 0 Å². The summed E-state index contributed by atoms with van der Waals surface area (Å²) in [5.74, 6) is -0.974. The van der Waals surface area contributed by atoms with Crippen molar-refractivity contribution in [2.45, 2.75) is 6.92 Å². The van der Waals surface area contributed by atoms with E-state index in [0.29, 0.717) is 10.0 Å². The monoisotopic (exact) mass is 256 g/mol. The summed E-state index contributed by atoms with van der Waals surface area (Å²) in [6, 6.07) is 5.27. The van der Waals surface area contributed by atoms with Crippen molar-refractivity contribution in [1.29, 1.82) is 0 Å². The van der Waals surface area contributed by atoms with Gasteiger partial charge in [-0.15, -0.1) is 0 Å². The number of rotatable bonds is 3. The SMILES string of the molecule is CC(=CC=CC(=O)O)c1ccc(Cl)c(Cl)c1. The average molecular weight is 257 g/mol. The highest BCUT2D eigenvalue weighted by Gasteiger charge is 2.00. The highest BCUT2D eigenvalue weighted by Crippen LogP contribution is 2.25. The number of carboxylic acid groups (broad SMARTS) is 1. The van der Waals surface area contributed by atoms with E-state index in [4.69, 9.17) is 28.3 Å². The fraction of sp³-hybridized carbons (Fsp3) is 0.0833. The van der Waals surface area contributed by atoms with Gasteiger partial charge in [-0.1, -0.05) is 41.4 Å². The maximum absolute atomic E-state index is 10.3. The molecule has 1 N–H and O–H groups in total. The van der Waals surface area contributed by atoms with E-state index in [9.17, 15) is 4.79 Å². The predicted molar refractivity (Wildman–Crippen MR) is 66.9 cm³/mol. The Labute approximate surface area is 104 Å². The molecule has 16 heavy (non-hydrogen) atoms. The van der Waals surface area contributed by atoms with Crippen LogP contribution in [0, 0.1) is 0 Å². The smallest absolute Gasteiger partial charge is 0.328 e. The third-order valence-electron chi connectivity index (χ3n) is 1.96. The third-order valence-corrected chi connectivity index (χ3v) is 2.70. The Morgan fingerprint density at radius 2 is 2.00 bits per heavy atom. The number of aliphatic carboxylic acids is 1. The number of carboxylic acids is 1. The van der Waals surface area contributed by atoms with Gasteiger partial charge >= 0.3 is 5.97 Å². The van der Waals surface area contributed by atoms with Gasteiger partial charge in [0.15, 0.2) is 0 Å². The molecule has 2 nitrogen and oxygen atoms in total. The minimum absolute atomic E-state index is 0.481. The summed E-state index contributed by atoms with van der Waals surface area (Å²) < 4.78 is 0. The second kappa shape index (κ2) is 5.73. The summed E-state index contributed by atoms with van der Waals surface area (Å²) in [6.07, 6.45) is 4.24. The molecule has 0 spiro atoms. The normalized spacial score (nSPS) is 12.1. The van der Waals surface area contributed by atoms with Crippen molar-refractivity contribution in [3.63, 3.8) is 0 Å². The highest BCUT2D eigenvalue weighted by molar-refractivity contribution is 6.42. The molecule has 0 aromatic heterocycles. The quantitative estimate of drug-likeness (QED) is 0.655. The van der Waals surface area contributed by atoms with Crippen LogP contribution in [0.3, 0.4) is 0 Å². The molecule has 0 unspecified atom stereocenters. The molecule has 1 rings (SSSR count). The molecular weight excluding hydrogens is 247 g/mol. The first-order valence-corrected chi connectivity index (χ1v) is 5.29. The zero-order valence-corrected chi connectivity index (χ0v) is 10.1. The molecule has 4 heteroatoms. The Hall–Kier alpha value is -1.25. The number of halogens is 2. The van der Waals surface area contributed by atoms with Gasteiger partial charge in [-0.05, 0) is 30.2 Å². The van der Waals surface area contributed by atoms with Gasteiger partial charge in [0.2, 0.25) is 0 Å². The lowest BCUT2D eigenvalue weighted by atomic mass is 10.1. The topological polar surface area (TPSA) is 37.3 Å². The molecule has 0 atom stereocenters. The Morgan fingerprint density at radius 3 is 2.56 bits per heavy atom. The zero-order valence-electron chi connectivity index (χ0n) is 8.58. The van der Waals surface area contributed by atoms with Crippen LogP contribution in [0.5, 0.6) is 0 Å².